The van der Waals surface area contributed by atoms with Crippen LogP contribution in [0.15, 0.2) is 37.2 Å². The van der Waals surface area contributed by atoms with Crippen LogP contribution in [-0.2, 0) is 4.74 Å². The van der Waals surface area contributed by atoms with Crippen molar-refractivity contribution >= 4 is 22.7 Å². The van der Waals surface area contributed by atoms with Crippen LogP contribution < -0.4 is 5.32 Å². The van der Waals surface area contributed by atoms with Gasteiger partial charge in [-0.15, -0.1) is 0 Å². The number of nitrogens with zero attached hydrogens (tertiary/aromatic N) is 5. The number of aliphatic hydroxyl groups is 3. The molecular weight excluding hydrogens is 328 g/mol. The number of fused-ring (bicyclic) bond motifs is 1. The maximum absolute atomic E-state index is 10.2. The van der Waals surface area contributed by atoms with Gasteiger partial charge < -0.3 is 25.4 Å². The highest BCUT2D eigenvalue weighted by Gasteiger charge is 2.44. The van der Waals surface area contributed by atoms with Crippen LogP contribution in [0.5, 0.6) is 0 Å². The molecule has 1 aliphatic rings. The molecule has 1 saturated heterocycles. The van der Waals surface area contributed by atoms with Crippen molar-refractivity contribution in [3.05, 3.63) is 37.2 Å². The van der Waals surface area contributed by atoms with Gasteiger partial charge in [-0.3, -0.25) is 9.55 Å². The van der Waals surface area contributed by atoms with Gasteiger partial charge in [0.05, 0.1) is 12.9 Å². The van der Waals surface area contributed by atoms with Crippen molar-refractivity contribution in [1.82, 2.24) is 24.5 Å². The third kappa shape index (κ3) is 2.70. The van der Waals surface area contributed by atoms with Gasteiger partial charge >= 0.3 is 0 Å². The molecule has 0 saturated carbocycles. The smallest absolute Gasteiger partial charge is 0.167 e. The molecule has 1 fully saturated rings. The average Bonchev–Trinajstić information content (AvgIpc) is 3.18. The van der Waals surface area contributed by atoms with E-state index in [2.05, 4.69) is 25.3 Å². The Balaban J connectivity index is 1.70. The highest BCUT2D eigenvalue weighted by Crippen LogP contribution is 2.32. The molecule has 0 aromatic carbocycles. The van der Waals surface area contributed by atoms with Crippen LogP contribution in [-0.4, -0.2) is 64.7 Å². The first kappa shape index (κ1) is 15.8. The summed E-state index contributed by atoms with van der Waals surface area (Å²) in [5, 5.41) is 32.5. The lowest BCUT2D eigenvalue weighted by Gasteiger charge is -2.16. The number of rotatable bonds is 4. The first-order valence-electron chi connectivity index (χ1n) is 7.66. The summed E-state index contributed by atoms with van der Waals surface area (Å²) in [5.41, 5.74) is 1.70. The number of pyridine rings is 1. The lowest BCUT2D eigenvalue weighted by atomic mass is 10.1. The number of aliphatic hydroxyl groups excluding tert-OH is 3. The van der Waals surface area contributed by atoms with E-state index in [4.69, 9.17) is 4.74 Å². The zero-order valence-electron chi connectivity index (χ0n) is 13.0. The summed E-state index contributed by atoms with van der Waals surface area (Å²) in [6, 6.07) is 3.58. The topological polar surface area (TPSA) is 138 Å². The zero-order valence-corrected chi connectivity index (χ0v) is 13.0. The summed E-state index contributed by atoms with van der Waals surface area (Å²) in [6.45, 7) is -0.398. The van der Waals surface area contributed by atoms with Crippen LogP contribution in [0.2, 0.25) is 0 Å². The summed E-state index contributed by atoms with van der Waals surface area (Å²) < 4.78 is 7.04. The Kier molecular flexibility index (Phi) is 4.01. The molecule has 4 N–H and O–H groups in total. The summed E-state index contributed by atoms with van der Waals surface area (Å²) in [4.78, 5) is 16.6. The molecule has 0 spiro atoms. The summed E-state index contributed by atoms with van der Waals surface area (Å²) in [5.74, 6) is 0.488. The van der Waals surface area contributed by atoms with Gasteiger partial charge in [-0.2, -0.15) is 0 Å². The van der Waals surface area contributed by atoms with Crippen molar-refractivity contribution < 1.29 is 20.1 Å². The van der Waals surface area contributed by atoms with E-state index in [1.165, 1.54) is 17.2 Å². The molecule has 130 valence electrons. The zero-order chi connectivity index (χ0) is 17.4. The Morgan fingerprint density at radius 1 is 1.12 bits per heavy atom. The van der Waals surface area contributed by atoms with E-state index in [0.29, 0.717) is 17.0 Å². The van der Waals surface area contributed by atoms with Gasteiger partial charge in [0.1, 0.15) is 24.6 Å². The van der Waals surface area contributed by atoms with Crippen molar-refractivity contribution in [2.45, 2.75) is 24.5 Å². The van der Waals surface area contributed by atoms with Crippen LogP contribution in [0.25, 0.3) is 11.2 Å². The fraction of sp³-hybridized carbons (Fsp3) is 0.333. The minimum absolute atomic E-state index is 0.398. The van der Waals surface area contributed by atoms with Crippen molar-refractivity contribution in [1.29, 1.82) is 0 Å². The lowest BCUT2D eigenvalue weighted by molar-refractivity contribution is -0.0511. The second-order valence-electron chi connectivity index (χ2n) is 5.64. The predicted octanol–water partition coefficient (Wildman–Crippen LogP) is -0.424. The van der Waals surface area contributed by atoms with Crippen LogP contribution in [0.1, 0.15) is 6.23 Å². The van der Waals surface area contributed by atoms with E-state index in [1.807, 2.05) is 0 Å². The monoisotopic (exact) mass is 344 g/mol. The van der Waals surface area contributed by atoms with Crippen molar-refractivity contribution in [2.75, 3.05) is 11.9 Å². The minimum Gasteiger partial charge on any atom is -0.394 e. The van der Waals surface area contributed by atoms with E-state index in [0.717, 1.165) is 5.69 Å². The van der Waals surface area contributed by atoms with Crippen LogP contribution >= 0.6 is 0 Å². The van der Waals surface area contributed by atoms with E-state index in [1.54, 1.807) is 24.5 Å². The van der Waals surface area contributed by atoms with Gasteiger partial charge in [0.2, 0.25) is 0 Å². The molecule has 0 amide bonds. The molecule has 4 rings (SSSR count). The van der Waals surface area contributed by atoms with Gasteiger partial charge in [-0.1, -0.05) is 0 Å². The Morgan fingerprint density at radius 3 is 2.64 bits per heavy atom. The van der Waals surface area contributed by atoms with Gasteiger partial charge in [0.25, 0.3) is 0 Å². The SMILES string of the molecule is OC[C@H]1O[C@@H](n2cnc3c(Nc4ccncc4)ncnc32)[C@H](O)[C@@H]1O. The third-order valence-electron chi connectivity index (χ3n) is 4.09. The molecule has 0 bridgehead atoms. The summed E-state index contributed by atoms with van der Waals surface area (Å²) in [7, 11) is 0. The molecule has 25 heavy (non-hydrogen) atoms. The number of hydrogen-bond donors (Lipinski definition) is 4. The molecule has 10 heteroatoms. The maximum Gasteiger partial charge on any atom is 0.167 e. The van der Waals surface area contributed by atoms with E-state index in [-0.39, 0.29) is 0 Å². The summed E-state index contributed by atoms with van der Waals surface area (Å²) >= 11 is 0. The Bertz CT molecular complexity index is 873. The first-order chi connectivity index (χ1) is 12.2. The molecule has 3 aromatic rings. The molecule has 10 nitrogen and oxygen atoms in total. The number of aromatic nitrogens is 5. The second-order valence-corrected chi connectivity index (χ2v) is 5.64. The number of hydrogen-bond acceptors (Lipinski definition) is 9. The fourth-order valence-electron chi connectivity index (χ4n) is 2.81. The Labute approximate surface area is 141 Å². The van der Waals surface area contributed by atoms with Crippen molar-refractivity contribution in [3.8, 4) is 0 Å². The molecular formula is C15H16N6O4. The quantitative estimate of drug-likeness (QED) is 0.497. The molecule has 4 heterocycles. The fourth-order valence-corrected chi connectivity index (χ4v) is 2.81. The predicted molar refractivity (Wildman–Crippen MR) is 85.9 cm³/mol. The maximum atomic E-state index is 10.2. The molecule has 4 atom stereocenters. The molecule has 1 aliphatic heterocycles. The second kappa shape index (κ2) is 6.33. The van der Waals surface area contributed by atoms with Gasteiger partial charge in [0, 0.05) is 18.1 Å². The minimum atomic E-state index is -1.21. The van der Waals surface area contributed by atoms with Gasteiger partial charge in [-0.05, 0) is 12.1 Å². The van der Waals surface area contributed by atoms with Crippen LogP contribution in [0, 0.1) is 0 Å². The summed E-state index contributed by atoms with van der Waals surface area (Å²) in [6.07, 6.45) is 1.96. The Hall–Kier alpha value is -2.66. The van der Waals surface area contributed by atoms with E-state index >= 15 is 0 Å². The standard InChI is InChI=1S/C15H16N6O4/c22-5-9-11(23)12(24)15(25-9)21-7-19-10-13(17-6-18-14(10)21)20-8-1-3-16-4-2-8/h1-4,6-7,9,11-12,15,22-24H,5H2,(H,16,17,18,20)/t9-,11-,12-,15-/m1/s1. The van der Waals surface area contributed by atoms with Gasteiger partial charge in [-0.25, -0.2) is 15.0 Å². The highest BCUT2D eigenvalue weighted by atomic mass is 16.6. The molecule has 3 aromatic heterocycles. The lowest BCUT2D eigenvalue weighted by Crippen LogP contribution is -2.33. The Morgan fingerprint density at radius 2 is 1.92 bits per heavy atom. The molecule has 0 unspecified atom stereocenters. The normalized spacial score (nSPS) is 26.2. The average molecular weight is 344 g/mol. The largest absolute Gasteiger partial charge is 0.394 e. The number of imidazole rings is 1. The van der Waals surface area contributed by atoms with E-state index < -0.39 is 31.1 Å². The van der Waals surface area contributed by atoms with Crippen LogP contribution in [0.4, 0.5) is 11.5 Å². The third-order valence-corrected chi connectivity index (χ3v) is 4.09. The highest BCUT2D eigenvalue weighted by molar-refractivity contribution is 5.85. The number of anilines is 2. The molecule has 0 aliphatic carbocycles. The van der Waals surface area contributed by atoms with Crippen molar-refractivity contribution in [3.63, 3.8) is 0 Å². The number of nitrogens with one attached hydrogen (secondary N) is 1. The first-order valence-corrected chi connectivity index (χ1v) is 7.66. The van der Waals surface area contributed by atoms with E-state index in [9.17, 15) is 15.3 Å². The van der Waals surface area contributed by atoms with Crippen LogP contribution in [0.3, 0.4) is 0 Å². The van der Waals surface area contributed by atoms with Crippen molar-refractivity contribution in [2.24, 2.45) is 0 Å². The van der Waals surface area contributed by atoms with Gasteiger partial charge in [0.15, 0.2) is 23.2 Å². The number of ether oxygens (including phenoxy) is 1. The molecule has 0 radical (unpaired) electrons.